The SMILES string of the molecule is CCOc1ccc(NCC2CC2)cc1Cl. The van der Waals surface area contributed by atoms with Crippen LogP contribution >= 0.6 is 11.6 Å². The van der Waals surface area contributed by atoms with Crippen LogP contribution < -0.4 is 10.1 Å². The van der Waals surface area contributed by atoms with E-state index in [1.165, 1.54) is 12.8 Å². The van der Waals surface area contributed by atoms with Crippen LogP contribution in [0.15, 0.2) is 18.2 Å². The maximum Gasteiger partial charge on any atom is 0.138 e. The van der Waals surface area contributed by atoms with Crippen molar-refractivity contribution in [2.24, 2.45) is 5.92 Å². The molecular weight excluding hydrogens is 210 g/mol. The highest BCUT2D eigenvalue weighted by Gasteiger charge is 2.20. The summed E-state index contributed by atoms with van der Waals surface area (Å²) in [6, 6.07) is 5.86. The van der Waals surface area contributed by atoms with Gasteiger partial charge >= 0.3 is 0 Å². The van der Waals surface area contributed by atoms with Gasteiger partial charge in [-0.2, -0.15) is 0 Å². The molecule has 1 aliphatic rings. The first-order valence-corrected chi connectivity index (χ1v) is 5.83. The van der Waals surface area contributed by atoms with Gasteiger partial charge in [0.1, 0.15) is 5.75 Å². The molecule has 0 unspecified atom stereocenters. The Kier molecular flexibility index (Phi) is 3.37. The van der Waals surface area contributed by atoms with Crippen LogP contribution in [-0.4, -0.2) is 13.2 Å². The van der Waals surface area contributed by atoms with E-state index in [2.05, 4.69) is 5.32 Å². The number of benzene rings is 1. The van der Waals surface area contributed by atoms with Gasteiger partial charge in [0.05, 0.1) is 11.6 Å². The molecule has 0 aliphatic heterocycles. The molecule has 0 amide bonds. The van der Waals surface area contributed by atoms with Crippen molar-refractivity contribution >= 4 is 17.3 Å². The standard InChI is InChI=1S/C12H16ClNO/c1-2-15-12-6-5-10(7-11(12)13)14-8-9-3-4-9/h5-7,9,14H,2-4,8H2,1H3. The van der Waals surface area contributed by atoms with Crippen molar-refractivity contribution < 1.29 is 4.74 Å². The van der Waals surface area contributed by atoms with E-state index in [1.807, 2.05) is 25.1 Å². The third kappa shape index (κ3) is 3.03. The van der Waals surface area contributed by atoms with Crippen LogP contribution in [0.5, 0.6) is 5.75 Å². The number of halogens is 1. The Morgan fingerprint density at radius 1 is 1.47 bits per heavy atom. The van der Waals surface area contributed by atoms with E-state index in [0.29, 0.717) is 11.6 Å². The smallest absolute Gasteiger partial charge is 0.138 e. The Morgan fingerprint density at radius 3 is 2.87 bits per heavy atom. The second-order valence-electron chi connectivity index (χ2n) is 3.90. The maximum absolute atomic E-state index is 6.07. The summed E-state index contributed by atoms with van der Waals surface area (Å²) in [7, 11) is 0. The van der Waals surface area contributed by atoms with E-state index in [1.54, 1.807) is 0 Å². The summed E-state index contributed by atoms with van der Waals surface area (Å²) in [4.78, 5) is 0. The van der Waals surface area contributed by atoms with Crippen molar-refractivity contribution in [2.45, 2.75) is 19.8 Å². The third-order valence-corrected chi connectivity index (χ3v) is 2.82. The summed E-state index contributed by atoms with van der Waals surface area (Å²) in [6.45, 7) is 3.66. The highest BCUT2D eigenvalue weighted by molar-refractivity contribution is 6.32. The molecule has 0 radical (unpaired) electrons. The molecule has 1 saturated carbocycles. The first-order chi connectivity index (χ1) is 7.29. The van der Waals surface area contributed by atoms with E-state index in [0.717, 1.165) is 23.9 Å². The van der Waals surface area contributed by atoms with E-state index in [9.17, 15) is 0 Å². The second-order valence-corrected chi connectivity index (χ2v) is 4.31. The lowest BCUT2D eigenvalue weighted by Gasteiger charge is -2.09. The van der Waals surface area contributed by atoms with Crippen LogP contribution in [0.25, 0.3) is 0 Å². The third-order valence-electron chi connectivity index (χ3n) is 2.52. The molecule has 2 rings (SSSR count). The number of hydrogen-bond acceptors (Lipinski definition) is 2. The van der Waals surface area contributed by atoms with Crippen molar-refractivity contribution in [1.29, 1.82) is 0 Å². The first-order valence-electron chi connectivity index (χ1n) is 5.46. The fraction of sp³-hybridized carbons (Fsp3) is 0.500. The number of hydrogen-bond donors (Lipinski definition) is 1. The molecule has 0 spiro atoms. The predicted molar refractivity (Wildman–Crippen MR) is 63.8 cm³/mol. The number of nitrogens with one attached hydrogen (secondary N) is 1. The molecule has 82 valence electrons. The number of rotatable bonds is 5. The van der Waals surface area contributed by atoms with Crippen molar-refractivity contribution in [2.75, 3.05) is 18.5 Å². The van der Waals surface area contributed by atoms with Crippen LogP contribution in [0.1, 0.15) is 19.8 Å². The van der Waals surface area contributed by atoms with Crippen molar-refractivity contribution in [3.8, 4) is 5.75 Å². The van der Waals surface area contributed by atoms with E-state index >= 15 is 0 Å². The minimum Gasteiger partial charge on any atom is -0.492 e. The molecule has 1 aliphatic carbocycles. The summed E-state index contributed by atoms with van der Waals surface area (Å²) < 4.78 is 5.37. The van der Waals surface area contributed by atoms with Crippen molar-refractivity contribution in [3.63, 3.8) is 0 Å². The molecular formula is C12H16ClNO. The minimum absolute atomic E-state index is 0.647. The molecule has 3 heteroatoms. The molecule has 0 aromatic heterocycles. The molecule has 0 saturated heterocycles. The average Bonchev–Trinajstić information content (AvgIpc) is 3.03. The Labute approximate surface area is 95.6 Å². The summed E-state index contributed by atoms with van der Waals surface area (Å²) >= 11 is 6.07. The molecule has 0 heterocycles. The Morgan fingerprint density at radius 2 is 2.27 bits per heavy atom. The maximum atomic E-state index is 6.07. The molecule has 1 fully saturated rings. The van der Waals surface area contributed by atoms with Crippen LogP contribution in [0.2, 0.25) is 5.02 Å². The zero-order chi connectivity index (χ0) is 10.7. The largest absolute Gasteiger partial charge is 0.492 e. The van der Waals surface area contributed by atoms with Gasteiger partial charge in [0.25, 0.3) is 0 Å². The Bertz CT molecular complexity index is 336. The first kappa shape index (κ1) is 10.6. The normalized spacial score (nSPS) is 15.1. The van der Waals surface area contributed by atoms with Crippen LogP contribution in [-0.2, 0) is 0 Å². The molecule has 0 bridgehead atoms. The van der Waals surface area contributed by atoms with Crippen LogP contribution in [0.4, 0.5) is 5.69 Å². The molecule has 2 nitrogen and oxygen atoms in total. The van der Waals surface area contributed by atoms with Gasteiger partial charge in [0, 0.05) is 12.2 Å². The molecule has 1 aromatic rings. The summed E-state index contributed by atoms with van der Waals surface area (Å²) in [5, 5.41) is 4.06. The van der Waals surface area contributed by atoms with Gasteiger partial charge in [-0.25, -0.2) is 0 Å². The predicted octanol–water partition coefficient (Wildman–Crippen LogP) is 3.56. The van der Waals surface area contributed by atoms with Crippen LogP contribution in [0.3, 0.4) is 0 Å². The van der Waals surface area contributed by atoms with E-state index in [-0.39, 0.29) is 0 Å². The highest BCUT2D eigenvalue weighted by Crippen LogP contribution is 2.31. The van der Waals surface area contributed by atoms with Gasteiger partial charge in [0.2, 0.25) is 0 Å². The topological polar surface area (TPSA) is 21.3 Å². The molecule has 1 aromatic carbocycles. The molecule has 15 heavy (non-hydrogen) atoms. The Hall–Kier alpha value is -0.890. The lowest BCUT2D eigenvalue weighted by atomic mass is 10.3. The van der Waals surface area contributed by atoms with E-state index < -0.39 is 0 Å². The monoisotopic (exact) mass is 225 g/mol. The summed E-state index contributed by atoms with van der Waals surface area (Å²) in [6.07, 6.45) is 2.72. The lowest BCUT2D eigenvalue weighted by Crippen LogP contribution is -2.03. The quantitative estimate of drug-likeness (QED) is 0.828. The van der Waals surface area contributed by atoms with Crippen molar-refractivity contribution in [1.82, 2.24) is 0 Å². The molecule has 0 atom stereocenters. The van der Waals surface area contributed by atoms with Gasteiger partial charge in [-0.3, -0.25) is 0 Å². The zero-order valence-corrected chi connectivity index (χ0v) is 9.68. The average molecular weight is 226 g/mol. The lowest BCUT2D eigenvalue weighted by molar-refractivity contribution is 0.340. The second kappa shape index (κ2) is 4.75. The van der Waals surface area contributed by atoms with Gasteiger partial charge in [-0.05, 0) is 43.9 Å². The minimum atomic E-state index is 0.647. The van der Waals surface area contributed by atoms with Gasteiger partial charge < -0.3 is 10.1 Å². The Balaban J connectivity index is 1.96. The van der Waals surface area contributed by atoms with Gasteiger partial charge in [-0.15, -0.1) is 0 Å². The summed E-state index contributed by atoms with van der Waals surface area (Å²) in [5.74, 6) is 1.63. The highest BCUT2D eigenvalue weighted by atomic mass is 35.5. The van der Waals surface area contributed by atoms with Crippen molar-refractivity contribution in [3.05, 3.63) is 23.2 Å². The van der Waals surface area contributed by atoms with Crippen LogP contribution in [0, 0.1) is 5.92 Å². The summed E-state index contributed by atoms with van der Waals surface area (Å²) in [5.41, 5.74) is 1.08. The van der Waals surface area contributed by atoms with Gasteiger partial charge in [-0.1, -0.05) is 11.6 Å². The molecule has 1 N–H and O–H groups in total. The fourth-order valence-electron chi connectivity index (χ4n) is 1.47. The fourth-order valence-corrected chi connectivity index (χ4v) is 1.70. The number of anilines is 1. The van der Waals surface area contributed by atoms with E-state index in [4.69, 9.17) is 16.3 Å². The number of ether oxygens (including phenoxy) is 1. The van der Waals surface area contributed by atoms with Gasteiger partial charge in [0.15, 0.2) is 0 Å². The zero-order valence-electron chi connectivity index (χ0n) is 8.92.